The van der Waals surface area contributed by atoms with Crippen molar-refractivity contribution in [3.63, 3.8) is 0 Å². The number of hydrogen-bond donors (Lipinski definition) is 0. The lowest BCUT2D eigenvalue weighted by Gasteiger charge is -2.36. The molecule has 1 aliphatic carbocycles. The predicted octanol–water partition coefficient (Wildman–Crippen LogP) is 4.39. The van der Waals surface area contributed by atoms with Crippen LogP contribution in [0.4, 0.5) is 13.2 Å². The lowest BCUT2D eigenvalue weighted by molar-refractivity contribution is -0.0978. The zero-order valence-electron chi connectivity index (χ0n) is 13.3. The topological polar surface area (TPSA) is 28.0 Å². The molecule has 1 heterocycles. The second-order valence-corrected chi connectivity index (χ2v) is 6.45. The molecular formula is C18H20F3N3. The molecule has 3 nitrogen and oxygen atoms in total. The molecule has 1 aromatic carbocycles. The van der Waals surface area contributed by atoms with Gasteiger partial charge in [-0.15, -0.1) is 0 Å². The second kappa shape index (κ2) is 6.42. The Kier molecular flexibility index (Phi) is 4.47. The second-order valence-electron chi connectivity index (χ2n) is 6.45. The van der Waals surface area contributed by atoms with Gasteiger partial charge in [0.15, 0.2) is 5.84 Å². The average molecular weight is 335 g/mol. The maximum Gasteiger partial charge on any atom is 0.249 e. The Morgan fingerprint density at radius 1 is 1.21 bits per heavy atom. The molecule has 1 aliphatic heterocycles. The van der Waals surface area contributed by atoms with Crippen LogP contribution in [0.25, 0.3) is 0 Å². The van der Waals surface area contributed by atoms with Crippen molar-refractivity contribution >= 4 is 12.6 Å². The molecule has 0 spiro atoms. The van der Waals surface area contributed by atoms with Crippen molar-refractivity contribution in [3.8, 4) is 0 Å². The van der Waals surface area contributed by atoms with Gasteiger partial charge in [-0.3, -0.25) is 5.01 Å². The molecule has 1 saturated heterocycles. The van der Waals surface area contributed by atoms with Gasteiger partial charge in [0.1, 0.15) is 6.17 Å². The minimum atomic E-state index is -2.63. The molecule has 24 heavy (non-hydrogen) atoms. The van der Waals surface area contributed by atoms with Crippen LogP contribution in [-0.2, 0) is 0 Å². The van der Waals surface area contributed by atoms with Crippen LogP contribution in [0.1, 0.15) is 30.9 Å². The van der Waals surface area contributed by atoms with E-state index in [2.05, 4.69) is 23.4 Å². The molecule has 1 saturated carbocycles. The zero-order chi connectivity index (χ0) is 17.3. The highest BCUT2D eigenvalue weighted by molar-refractivity contribution is 6.00. The van der Waals surface area contributed by atoms with Gasteiger partial charge in [0.2, 0.25) is 5.92 Å². The fourth-order valence-corrected chi connectivity index (χ4v) is 3.27. The van der Waals surface area contributed by atoms with Crippen molar-refractivity contribution in [1.82, 2.24) is 5.01 Å². The SMILES string of the molecule is C=N/C(=N\N1CC(F)CC1c1ccccc1)C(=C)C1CC(F)(F)C1. The Morgan fingerprint density at radius 2 is 1.88 bits per heavy atom. The van der Waals surface area contributed by atoms with Gasteiger partial charge in [-0.05, 0) is 23.8 Å². The third-order valence-electron chi connectivity index (χ3n) is 4.65. The molecule has 0 amide bonds. The lowest BCUT2D eigenvalue weighted by Crippen LogP contribution is -2.37. The first-order valence-corrected chi connectivity index (χ1v) is 7.97. The average Bonchev–Trinajstić information content (AvgIpc) is 2.91. The molecule has 1 aromatic rings. The Hall–Kier alpha value is -2.11. The fraction of sp³-hybridized carbons (Fsp3) is 0.444. The summed E-state index contributed by atoms with van der Waals surface area (Å²) < 4.78 is 40.1. The third kappa shape index (κ3) is 3.37. The van der Waals surface area contributed by atoms with Crippen LogP contribution >= 0.6 is 0 Å². The number of alkyl halides is 3. The Morgan fingerprint density at radius 3 is 2.46 bits per heavy atom. The van der Waals surface area contributed by atoms with Crippen LogP contribution in [-0.4, -0.2) is 36.2 Å². The highest BCUT2D eigenvalue weighted by Crippen LogP contribution is 2.46. The van der Waals surface area contributed by atoms with Crippen molar-refractivity contribution in [1.29, 1.82) is 0 Å². The normalized spacial score (nSPS) is 27.0. The molecule has 3 rings (SSSR count). The smallest absolute Gasteiger partial charge is 0.249 e. The highest BCUT2D eigenvalue weighted by Gasteiger charge is 2.47. The van der Waals surface area contributed by atoms with Crippen molar-refractivity contribution in [2.45, 2.75) is 37.4 Å². The summed E-state index contributed by atoms with van der Waals surface area (Å²) in [6.45, 7) is 7.47. The first-order chi connectivity index (χ1) is 11.4. The van der Waals surface area contributed by atoms with Crippen LogP contribution in [0.3, 0.4) is 0 Å². The van der Waals surface area contributed by atoms with E-state index in [1.807, 2.05) is 30.3 Å². The number of hydrazone groups is 1. The molecule has 2 unspecified atom stereocenters. The number of benzene rings is 1. The van der Waals surface area contributed by atoms with Crippen LogP contribution in [0.5, 0.6) is 0 Å². The van der Waals surface area contributed by atoms with E-state index in [0.29, 0.717) is 12.0 Å². The molecule has 6 heteroatoms. The van der Waals surface area contributed by atoms with Crippen molar-refractivity contribution in [2.24, 2.45) is 16.0 Å². The zero-order valence-corrected chi connectivity index (χ0v) is 13.3. The highest BCUT2D eigenvalue weighted by atomic mass is 19.3. The van der Waals surface area contributed by atoms with Gasteiger partial charge in [-0.25, -0.2) is 18.2 Å². The largest absolute Gasteiger partial charge is 0.284 e. The van der Waals surface area contributed by atoms with Crippen molar-refractivity contribution in [3.05, 3.63) is 48.0 Å². The number of aliphatic imine (C=N–C) groups is 1. The van der Waals surface area contributed by atoms with Gasteiger partial charge in [0, 0.05) is 19.3 Å². The monoisotopic (exact) mass is 335 g/mol. The number of nitrogens with zero attached hydrogens (tertiary/aromatic N) is 3. The maximum atomic E-state index is 13.9. The van der Waals surface area contributed by atoms with E-state index in [9.17, 15) is 13.2 Å². The molecule has 128 valence electrons. The van der Waals surface area contributed by atoms with Crippen LogP contribution < -0.4 is 0 Å². The molecular weight excluding hydrogens is 315 g/mol. The van der Waals surface area contributed by atoms with Gasteiger partial charge in [-0.2, -0.15) is 5.10 Å². The summed E-state index contributed by atoms with van der Waals surface area (Å²) in [6.07, 6.45) is -1.14. The van der Waals surface area contributed by atoms with Crippen LogP contribution in [0.2, 0.25) is 0 Å². The molecule has 2 fully saturated rings. The van der Waals surface area contributed by atoms with Crippen molar-refractivity contribution in [2.75, 3.05) is 6.54 Å². The van der Waals surface area contributed by atoms with E-state index >= 15 is 0 Å². The molecule has 0 bridgehead atoms. The van der Waals surface area contributed by atoms with Crippen molar-refractivity contribution < 1.29 is 13.2 Å². The number of hydrogen-bond acceptors (Lipinski definition) is 2. The molecule has 2 aliphatic rings. The molecule has 0 N–H and O–H groups in total. The number of amidine groups is 1. The summed E-state index contributed by atoms with van der Waals surface area (Å²) in [5.74, 6) is -2.75. The summed E-state index contributed by atoms with van der Waals surface area (Å²) in [5, 5.41) is 6.02. The van der Waals surface area contributed by atoms with E-state index in [-0.39, 0.29) is 37.2 Å². The Balaban J connectivity index is 1.79. The fourth-order valence-electron chi connectivity index (χ4n) is 3.27. The van der Waals surface area contributed by atoms with Gasteiger partial charge in [0.25, 0.3) is 0 Å². The van der Waals surface area contributed by atoms with Crippen LogP contribution in [0, 0.1) is 5.92 Å². The third-order valence-corrected chi connectivity index (χ3v) is 4.65. The Labute approximate surface area is 139 Å². The minimum absolute atomic E-state index is 0.146. The summed E-state index contributed by atoms with van der Waals surface area (Å²) in [6, 6.07) is 9.33. The van der Waals surface area contributed by atoms with Gasteiger partial charge >= 0.3 is 0 Å². The summed E-state index contributed by atoms with van der Waals surface area (Å²) in [4.78, 5) is 3.85. The number of rotatable bonds is 4. The summed E-state index contributed by atoms with van der Waals surface area (Å²) in [5.41, 5.74) is 1.41. The van der Waals surface area contributed by atoms with Gasteiger partial charge in [0.05, 0.1) is 12.6 Å². The quantitative estimate of drug-likeness (QED) is 0.592. The summed E-state index contributed by atoms with van der Waals surface area (Å²) in [7, 11) is 0. The minimum Gasteiger partial charge on any atom is -0.284 e. The van der Waals surface area contributed by atoms with Gasteiger partial charge in [-0.1, -0.05) is 36.9 Å². The Bertz CT molecular complexity index is 649. The lowest BCUT2D eigenvalue weighted by atomic mass is 9.76. The van der Waals surface area contributed by atoms with E-state index < -0.39 is 12.1 Å². The number of halogens is 3. The van der Waals surface area contributed by atoms with E-state index in [0.717, 1.165) is 5.56 Å². The first kappa shape index (κ1) is 16.7. The van der Waals surface area contributed by atoms with Crippen LogP contribution in [0.15, 0.2) is 52.6 Å². The predicted molar refractivity (Wildman–Crippen MR) is 89.2 cm³/mol. The van der Waals surface area contributed by atoms with Gasteiger partial charge < -0.3 is 0 Å². The first-order valence-electron chi connectivity index (χ1n) is 7.97. The molecule has 0 aromatic heterocycles. The molecule has 0 radical (unpaired) electrons. The maximum absolute atomic E-state index is 13.9. The van der Waals surface area contributed by atoms with E-state index in [1.165, 1.54) is 0 Å². The van der Waals surface area contributed by atoms with E-state index in [1.54, 1.807) is 5.01 Å². The van der Waals surface area contributed by atoms with E-state index in [4.69, 9.17) is 0 Å². The molecule has 2 atom stereocenters. The summed E-state index contributed by atoms with van der Waals surface area (Å²) >= 11 is 0. The standard InChI is InChI=1S/C18H20F3N3/c1-12(14-9-18(20,21)10-14)17(22-2)23-24-11-15(19)8-16(24)13-6-4-3-5-7-13/h3-7,14-16H,1-2,8-11H2/b23-17-.